The number of nitrogens with one attached hydrogen (secondary N) is 2. The van der Waals surface area contributed by atoms with E-state index in [1.54, 1.807) is 0 Å². The first-order valence-corrected chi connectivity index (χ1v) is 9.79. The Hall–Kier alpha value is -0.970. The van der Waals surface area contributed by atoms with Gasteiger partial charge in [-0.1, -0.05) is 0 Å². The molecular formula is C14H28N4O4S2. The van der Waals surface area contributed by atoms with E-state index in [1.165, 1.54) is 11.8 Å². The molecule has 0 aromatic carbocycles. The van der Waals surface area contributed by atoms with Gasteiger partial charge in [0.15, 0.2) is 0 Å². The lowest BCUT2D eigenvalue weighted by Crippen LogP contribution is -2.55. The average Bonchev–Trinajstić information content (AvgIpc) is 2.56. The van der Waals surface area contributed by atoms with Crippen LogP contribution in [0.5, 0.6) is 0 Å². The maximum absolute atomic E-state index is 12.4. The molecule has 0 heterocycles. The second kappa shape index (κ2) is 13.3. The Balaban J connectivity index is 4.81. The zero-order valence-corrected chi connectivity index (χ0v) is 15.6. The molecule has 0 rings (SSSR count). The second-order valence-electron chi connectivity index (χ2n) is 5.32. The van der Waals surface area contributed by atoms with E-state index in [4.69, 9.17) is 11.5 Å². The summed E-state index contributed by atoms with van der Waals surface area (Å²) >= 11 is 5.47. The fourth-order valence-electron chi connectivity index (χ4n) is 1.89. The molecule has 140 valence electrons. The highest BCUT2D eigenvalue weighted by Gasteiger charge is 2.27. The minimum absolute atomic E-state index is 0.152. The van der Waals surface area contributed by atoms with Gasteiger partial charge in [-0.3, -0.25) is 9.59 Å². The third kappa shape index (κ3) is 9.36. The summed E-state index contributed by atoms with van der Waals surface area (Å²) in [4.78, 5) is 35.5. The summed E-state index contributed by atoms with van der Waals surface area (Å²) < 4.78 is 0. The standard InChI is InChI=1S/C14H28N4O4S2/c1-24-7-5-10(17-12(19)9(16)8-23)13(20)18-11(14(21)22)4-2-3-6-15/h9-11,23H,2-8,15-16H2,1H3,(H,17,19)(H,18,20)(H,21,22). The van der Waals surface area contributed by atoms with Crippen LogP contribution in [0.1, 0.15) is 25.7 Å². The minimum atomic E-state index is -1.11. The van der Waals surface area contributed by atoms with Crippen molar-refractivity contribution in [2.24, 2.45) is 11.5 Å². The van der Waals surface area contributed by atoms with Gasteiger partial charge >= 0.3 is 5.97 Å². The Bertz CT molecular complexity index is 412. The first-order chi connectivity index (χ1) is 11.4. The van der Waals surface area contributed by atoms with Gasteiger partial charge in [-0.25, -0.2) is 4.79 Å². The molecular weight excluding hydrogens is 352 g/mol. The Kier molecular flexibility index (Phi) is 12.8. The van der Waals surface area contributed by atoms with Gasteiger partial charge in [0.05, 0.1) is 6.04 Å². The molecule has 0 spiro atoms. The highest BCUT2D eigenvalue weighted by molar-refractivity contribution is 7.98. The highest BCUT2D eigenvalue weighted by Crippen LogP contribution is 2.05. The number of thiol groups is 1. The number of hydrogen-bond acceptors (Lipinski definition) is 7. The Morgan fingerprint density at radius 2 is 1.75 bits per heavy atom. The maximum Gasteiger partial charge on any atom is 0.326 e. The van der Waals surface area contributed by atoms with Gasteiger partial charge in [0.25, 0.3) is 0 Å². The number of nitrogens with two attached hydrogens (primary N) is 2. The van der Waals surface area contributed by atoms with Crippen LogP contribution in [0, 0.1) is 0 Å². The van der Waals surface area contributed by atoms with Crippen LogP contribution in [0.4, 0.5) is 0 Å². The van der Waals surface area contributed by atoms with Crippen LogP contribution in [0.25, 0.3) is 0 Å². The average molecular weight is 381 g/mol. The van der Waals surface area contributed by atoms with E-state index in [-0.39, 0.29) is 12.2 Å². The van der Waals surface area contributed by atoms with Crippen LogP contribution in [-0.4, -0.2) is 65.3 Å². The largest absolute Gasteiger partial charge is 0.480 e. The minimum Gasteiger partial charge on any atom is -0.480 e. The van der Waals surface area contributed by atoms with E-state index in [2.05, 4.69) is 23.3 Å². The summed E-state index contributed by atoms with van der Waals surface area (Å²) in [6.07, 6.45) is 3.83. The zero-order chi connectivity index (χ0) is 18.5. The SMILES string of the molecule is CSCCC(NC(=O)C(N)CS)C(=O)NC(CCCCN)C(=O)O. The monoisotopic (exact) mass is 380 g/mol. The summed E-state index contributed by atoms with van der Waals surface area (Å²) in [5.74, 6) is -1.33. The van der Waals surface area contributed by atoms with Crippen molar-refractivity contribution in [3.05, 3.63) is 0 Å². The van der Waals surface area contributed by atoms with E-state index in [1.807, 2.05) is 6.26 Å². The van der Waals surface area contributed by atoms with Crippen LogP contribution in [0.15, 0.2) is 0 Å². The number of hydrogen-bond donors (Lipinski definition) is 6. The number of carbonyl (C=O) groups excluding carboxylic acids is 2. The Morgan fingerprint density at radius 1 is 1.12 bits per heavy atom. The highest BCUT2D eigenvalue weighted by atomic mass is 32.2. The van der Waals surface area contributed by atoms with Crippen molar-refractivity contribution in [1.29, 1.82) is 0 Å². The van der Waals surface area contributed by atoms with Crippen LogP contribution >= 0.6 is 24.4 Å². The van der Waals surface area contributed by atoms with E-state index in [9.17, 15) is 19.5 Å². The molecule has 0 saturated heterocycles. The van der Waals surface area contributed by atoms with Crippen LogP contribution in [0.3, 0.4) is 0 Å². The number of amides is 2. The number of carbonyl (C=O) groups is 3. The molecule has 0 radical (unpaired) electrons. The molecule has 8 nitrogen and oxygen atoms in total. The van der Waals surface area contributed by atoms with E-state index in [0.717, 1.165) is 0 Å². The Morgan fingerprint density at radius 3 is 2.25 bits per heavy atom. The van der Waals surface area contributed by atoms with Crippen LogP contribution in [-0.2, 0) is 14.4 Å². The molecule has 3 unspecified atom stereocenters. The molecule has 7 N–H and O–H groups in total. The van der Waals surface area contributed by atoms with Crippen LogP contribution in [0.2, 0.25) is 0 Å². The molecule has 0 saturated carbocycles. The van der Waals surface area contributed by atoms with E-state index in [0.29, 0.717) is 31.6 Å². The topological polar surface area (TPSA) is 148 Å². The predicted molar refractivity (Wildman–Crippen MR) is 99.2 cm³/mol. The smallest absolute Gasteiger partial charge is 0.326 e. The summed E-state index contributed by atoms with van der Waals surface area (Å²) in [6.45, 7) is 0.467. The van der Waals surface area contributed by atoms with Gasteiger partial charge in [0.2, 0.25) is 11.8 Å². The number of carboxylic acids is 1. The van der Waals surface area contributed by atoms with Crippen LogP contribution < -0.4 is 22.1 Å². The number of unbranched alkanes of at least 4 members (excludes halogenated alkanes) is 1. The van der Waals surface area contributed by atoms with Crippen molar-refractivity contribution in [1.82, 2.24) is 10.6 Å². The van der Waals surface area contributed by atoms with Gasteiger partial charge in [0.1, 0.15) is 12.1 Å². The summed E-state index contributed by atoms with van der Waals surface area (Å²) in [5, 5.41) is 14.3. The van der Waals surface area contributed by atoms with E-state index < -0.39 is 35.9 Å². The fraction of sp³-hybridized carbons (Fsp3) is 0.786. The first-order valence-electron chi connectivity index (χ1n) is 7.76. The third-order valence-electron chi connectivity index (χ3n) is 3.34. The zero-order valence-electron chi connectivity index (χ0n) is 13.9. The number of aliphatic carboxylic acids is 1. The molecule has 2 amide bonds. The second-order valence-corrected chi connectivity index (χ2v) is 6.67. The molecule has 0 aliphatic rings. The predicted octanol–water partition coefficient (Wildman–Crippen LogP) is -0.820. The Labute approximate surface area is 152 Å². The maximum atomic E-state index is 12.4. The van der Waals surface area contributed by atoms with Gasteiger partial charge in [-0.05, 0) is 44.2 Å². The molecule has 3 atom stereocenters. The van der Waals surface area contributed by atoms with Gasteiger partial charge in [0, 0.05) is 5.75 Å². The van der Waals surface area contributed by atoms with Crippen molar-refractivity contribution in [3.8, 4) is 0 Å². The number of rotatable bonds is 13. The van der Waals surface area contributed by atoms with Gasteiger partial charge < -0.3 is 27.2 Å². The number of thioether (sulfide) groups is 1. The molecule has 0 fully saturated rings. The molecule has 0 aliphatic heterocycles. The van der Waals surface area contributed by atoms with Crippen molar-refractivity contribution in [3.63, 3.8) is 0 Å². The van der Waals surface area contributed by atoms with Crippen molar-refractivity contribution in [2.75, 3.05) is 24.3 Å². The quantitative estimate of drug-likeness (QED) is 0.181. The number of carboxylic acid groups (broad SMARTS) is 1. The lowest BCUT2D eigenvalue weighted by molar-refractivity contribution is -0.142. The molecule has 0 aromatic rings. The van der Waals surface area contributed by atoms with Crippen molar-refractivity contribution >= 4 is 42.2 Å². The lowest BCUT2D eigenvalue weighted by atomic mass is 10.1. The summed E-state index contributed by atoms with van der Waals surface area (Å²) in [6, 6.07) is -2.65. The first kappa shape index (κ1) is 23.0. The molecule has 0 aromatic heterocycles. The third-order valence-corrected chi connectivity index (χ3v) is 4.38. The van der Waals surface area contributed by atoms with Crippen molar-refractivity contribution < 1.29 is 19.5 Å². The van der Waals surface area contributed by atoms with Crippen molar-refractivity contribution in [2.45, 2.75) is 43.8 Å². The summed E-state index contributed by atoms with van der Waals surface area (Å²) in [5.41, 5.74) is 11.0. The fourth-order valence-corrected chi connectivity index (χ4v) is 2.53. The lowest BCUT2D eigenvalue weighted by Gasteiger charge is -2.22. The van der Waals surface area contributed by atoms with E-state index >= 15 is 0 Å². The molecule has 24 heavy (non-hydrogen) atoms. The van der Waals surface area contributed by atoms with Gasteiger partial charge in [-0.2, -0.15) is 24.4 Å². The van der Waals surface area contributed by atoms with Gasteiger partial charge in [-0.15, -0.1) is 0 Å². The molecule has 10 heteroatoms. The molecule has 0 aliphatic carbocycles. The summed E-state index contributed by atoms with van der Waals surface area (Å²) in [7, 11) is 0. The molecule has 0 bridgehead atoms. The normalized spacial score (nSPS) is 14.5.